The number of amides is 2. The van der Waals surface area contributed by atoms with Crippen LogP contribution in [0.15, 0.2) is 0 Å². The molecule has 2 aliphatic rings. The number of urea groups is 1. The van der Waals surface area contributed by atoms with Crippen molar-refractivity contribution < 1.29 is 19.4 Å². The van der Waals surface area contributed by atoms with Gasteiger partial charge >= 0.3 is 12.0 Å². The monoisotopic (exact) mass is 298 g/mol. The maximum Gasteiger partial charge on any atom is 0.317 e. The van der Waals surface area contributed by atoms with Crippen molar-refractivity contribution in [1.29, 1.82) is 0 Å². The molecule has 0 radical (unpaired) electrons. The number of carboxylic acids is 1. The number of methoxy groups -OCH3 is 1. The van der Waals surface area contributed by atoms with Crippen LogP contribution in [0.3, 0.4) is 0 Å². The minimum absolute atomic E-state index is 0.0185. The van der Waals surface area contributed by atoms with Gasteiger partial charge in [0.1, 0.15) is 0 Å². The molecule has 0 spiro atoms. The number of aliphatic carboxylic acids is 1. The summed E-state index contributed by atoms with van der Waals surface area (Å²) in [6.45, 7) is 3.18. The number of nitrogens with one attached hydrogen (secondary N) is 1. The van der Waals surface area contributed by atoms with E-state index >= 15 is 0 Å². The Morgan fingerprint density at radius 1 is 1.33 bits per heavy atom. The van der Waals surface area contributed by atoms with Crippen LogP contribution in [0.5, 0.6) is 0 Å². The van der Waals surface area contributed by atoms with E-state index in [1.54, 1.807) is 7.11 Å². The normalized spacial score (nSPS) is 26.4. The minimum atomic E-state index is -0.755. The Bertz CT molecular complexity index is 384. The molecule has 2 aliphatic carbocycles. The summed E-state index contributed by atoms with van der Waals surface area (Å²) >= 11 is 0. The lowest BCUT2D eigenvalue weighted by molar-refractivity contribution is -0.141. The van der Waals surface area contributed by atoms with E-state index in [4.69, 9.17) is 9.84 Å². The number of nitrogens with zero attached hydrogens (tertiary/aromatic N) is 1. The summed E-state index contributed by atoms with van der Waals surface area (Å²) in [5.74, 6) is -0.471. The van der Waals surface area contributed by atoms with Gasteiger partial charge in [-0.25, -0.2) is 4.79 Å². The second-order valence-corrected chi connectivity index (χ2v) is 6.26. The summed E-state index contributed by atoms with van der Waals surface area (Å²) in [5.41, 5.74) is 0. The molecule has 0 aliphatic heterocycles. The molecule has 0 saturated heterocycles. The zero-order chi connectivity index (χ0) is 15.4. The highest BCUT2D eigenvalue weighted by Gasteiger charge is 2.36. The van der Waals surface area contributed by atoms with Crippen molar-refractivity contribution in [2.24, 2.45) is 11.8 Å². The highest BCUT2D eigenvalue weighted by atomic mass is 16.5. The Labute approximate surface area is 125 Å². The summed E-state index contributed by atoms with van der Waals surface area (Å²) in [4.78, 5) is 25.3. The lowest BCUT2D eigenvalue weighted by Gasteiger charge is -2.30. The Morgan fingerprint density at radius 3 is 2.57 bits per heavy atom. The fourth-order valence-corrected chi connectivity index (χ4v) is 3.11. The van der Waals surface area contributed by atoms with E-state index in [1.807, 2.05) is 4.90 Å². The fraction of sp³-hybridized carbons (Fsp3) is 0.867. The molecule has 21 heavy (non-hydrogen) atoms. The molecule has 2 rings (SSSR count). The van der Waals surface area contributed by atoms with Crippen LogP contribution in [0.25, 0.3) is 0 Å². The largest absolute Gasteiger partial charge is 0.481 e. The first-order chi connectivity index (χ1) is 10.0. The smallest absolute Gasteiger partial charge is 0.317 e. The van der Waals surface area contributed by atoms with Crippen LogP contribution < -0.4 is 5.32 Å². The van der Waals surface area contributed by atoms with Crippen molar-refractivity contribution in [3.05, 3.63) is 0 Å². The van der Waals surface area contributed by atoms with Crippen LogP contribution in [0.1, 0.15) is 39.0 Å². The van der Waals surface area contributed by atoms with Crippen LogP contribution in [-0.4, -0.2) is 54.4 Å². The van der Waals surface area contributed by atoms with Crippen molar-refractivity contribution in [3.8, 4) is 0 Å². The van der Waals surface area contributed by atoms with Crippen molar-refractivity contribution in [1.82, 2.24) is 10.2 Å². The number of hydrogen-bond donors (Lipinski definition) is 2. The molecule has 0 aromatic rings. The maximum atomic E-state index is 12.5. The highest BCUT2D eigenvalue weighted by Crippen LogP contribution is 2.35. The zero-order valence-electron chi connectivity index (χ0n) is 12.9. The van der Waals surface area contributed by atoms with Gasteiger partial charge in [0.05, 0.1) is 12.5 Å². The van der Waals surface area contributed by atoms with Gasteiger partial charge in [0, 0.05) is 25.7 Å². The van der Waals surface area contributed by atoms with Crippen molar-refractivity contribution in [3.63, 3.8) is 0 Å². The number of carbonyl (C=O) groups excluding carboxylic acids is 1. The number of rotatable bonds is 7. The van der Waals surface area contributed by atoms with Gasteiger partial charge < -0.3 is 20.1 Å². The number of carbonyl (C=O) groups is 2. The molecule has 2 saturated carbocycles. The van der Waals surface area contributed by atoms with E-state index in [-0.39, 0.29) is 24.0 Å². The summed E-state index contributed by atoms with van der Waals surface area (Å²) < 4.78 is 5.09. The van der Waals surface area contributed by atoms with Crippen LogP contribution in [0.2, 0.25) is 0 Å². The highest BCUT2D eigenvalue weighted by molar-refractivity contribution is 5.75. The Hall–Kier alpha value is -1.30. The molecule has 2 amide bonds. The van der Waals surface area contributed by atoms with E-state index in [0.29, 0.717) is 31.9 Å². The molecule has 1 unspecified atom stereocenters. The molecule has 0 aromatic heterocycles. The topological polar surface area (TPSA) is 78.9 Å². The maximum absolute atomic E-state index is 12.5. The molecule has 3 atom stereocenters. The van der Waals surface area contributed by atoms with E-state index in [0.717, 1.165) is 6.42 Å². The summed E-state index contributed by atoms with van der Waals surface area (Å²) in [7, 11) is 1.63. The average Bonchev–Trinajstić information content (AvgIpc) is 3.19. The molecule has 0 bridgehead atoms. The zero-order valence-corrected chi connectivity index (χ0v) is 12.9. The first-order valence-corrected chi connectivity index (χ1v) is 7.81. The van der Waals surface area contributed by atoms with E-state index < -0.39 is 5.97 Å². The van der Waals surface area contributed by atoms with E-state index in [9.17, 15) is 9.59 Å². The van der Waals surface area contributed by atoms with Gasteiger partial charge in [0.15, 0.2) is 0 Å². The first-order valence-electron chi connectivity index (χ1n) is 7.81. The molecule has 0 aromatic carbocycles. The predicted octanol–water partition coefficient (Wildman–Crippen LogP) is 1.70. The first kappa shape index (κ1) is 16.1. The van der Waals surface area contributed by atoms with Gasteiger partial charge in [-0.15, -0.1) is 0 Å². The third-order valence-electron chi connectivity index (χ3n) is 4.70. The quantitative estimate of drug-likeness (QED) is 0.750. The molecule has 6 nitrogen and oxygen atoms in total. The van der Waals surface area contributed by atoms with Gasteiger partial charge in [-0.2, -0.15) is 0 Å². The third-order valence-corrected chi connectivity index (χ3v) is 4.70. The predicted molar refractivity (Wildman–Crippen MR) is 78.1 cm³/mol. The lowest BCUT2D eigenvalue weighted by Crippen LogP contribution is -2.49. The third kappa shape index (κ3) is 4.33. The number of ether oxygens (including phenoxy) is 1. The van der Waals surface area contributed by atoms with Gasteiger partial charge in [0.25, 0.3) is 0 Å². The molecule has 6 heteroatoms. The van der Waals surface area contributed by atoms with Gasteiger partial charge in [-0.1, -0.05) is 0 Å². The van der Waals surface area contributed by atoms with E-state index in [2.05, 4.69) is 12.2 Å². The number of carboxylic acid groups (broad SMARTS) is 1. The van der Waals surface area contributed by atoms with Crippen LogP contribution in [-0.2, 0) is 9.53 Å². The standard InChI is InChI=1S/C15H26N2O4/c1-10(11-3-4-11)17(7-8-21-2)15(20)16-13-6-5-12(9-13)14(18)19/h10-13H,3-9H2,1-2H3,(H,16,20)(H,18,19)/t10?,12-,13+/m1/s1. The molecule has 120 valence electrons. The molecular weight excluding hydrogens is 272 g/mol. The van der Waals surface area contributed by atoms with E-state index in [1.165, 1.54) is 12.8 Å². The van der Waals surface area contributed by atoms with Crippen LogP contribution in [0.4, 0.5) is 4.79 Å². The summed E-state index contributed by atoms with van der Waals surface area (Å²) in [6.07, 6.45) is 4.30. The lowest BCUT2D eigenvalue weighted by atomic mass is 10.1. The molecular formula is C15H26N2O4. The second-order valence-electron chi connectivity index (χ2n) is 6.26. The fourth-order valence-electron chi connectivity index (χ4n) is 3.11. The Balaban J connectivity index is 1.87. The van der Waals surface area contributed by atoms with Crippen molar-refractivity contribution in [2.75, 3.05) is 20.3 Å². The van der Waals surface area contributed by atoms with Crippen LogP contribution in [0, 0.1) is 11.8 Å². The van der Waals surface area contributed by atoms with Crippen molar-refractivity contribution >= 4 is 12.0 Å². The second kappa shape index (κ2) is 7.11. The molecule has 2 fully saturated rings. The SMILES string of the molecule is COCCN(C(=O)N[C@H]1CC[C@@H](C(=O)O)C1)C(C)C1CC1. The minimum Gasteiger partial charge on any atom is -0.481 e. The van der Waals surface area contributed by atoms with Gasteiger partial charge in [-0.05, 0) is 44.9 Å². The Morgan fingerprint density at radius 2 is 2.05 bits per heavy atom. The van der Waals surface area contributed by atoms with Crippen LogP contribution >= 0.6 is 0 Å². The Kier molecular flexibility index (Phi) is 5.45. The van der Waals surface area contributed by atoms with Gasteiger partial charge in [0.2, 0.25) is 0 Å². The average molecular weight is 298 g/mol. The summed E-state index contributed by atoms with van der Waals surface area (Å²) in [5, 5.41) is 12.0. The van der Waals surface area contributed by atoms with Crippen molar-refractivity contribution in [2.45, 2.75) is 51.1 Å². The molecule has 2 N–H and O–H groups in total. The molecule has 0 heterocycles. The van der Waals surface area contributed by atoms with Gasteiger partial charge in [-0.3, -0.25) is 4.79 Å². The summed E-state index contributed by atoms with van der Waals surface area (Å²) in [6, 6.07) is 0.120. The number of hydrogen-bond acceptors (Lipinski definition) is 3.